The molecule has 0 aliphatic heterocycles. The maximum Gasteiger partial charge on any atom is 0.336 e. The maximum atomic E-state index is 12.4. The van der Waals surface area contributed by atoms with E-state index in [0.29, 0.717) is 29.2 Å². The summed E-state index contributed by atoms with van der Waals surface area (Å²) in [6, 6.07) is 20.9. The molecule has 2 amide bonds. The second-order valence-corrected chi connectivity index (χ2v) is 8.22. The van der Waals surface area contributed by atoms with E-state index in [-0.39, 0.29) is 17.6 Å². The zero-order valence-corrected chi connectivity index (χ0v) is 20.9. The summed E-state index contributed by atoms with van der Waals surface area (Å²) in [6.07, 6.45) is 4.47. The topological polar surface area (TPSA) is 106 Å². The number of carbonyl (C=O) groups is 3. The van der Waals surface area contributed by atoms with Crippen LogP contribution in [0.25, 0.3) is 6.08 Å². The van der Waals surface area contributed by atoms with Crippen molar-refractivity contribution in [2.24, 2.45) is 11.0 Å². The number of ether oxygens (including phenoxy) is 2. The number of hydrazone groups is 1. The zero-order chi connectivity index (χ0) is 26.6. The first-order valence-electron chi connectivity index (χ1n) is 11.8. The van der Waals surface area contributed by atoms with E-state index in [1.807, 2.05) is 37.3 Å². The van der Waals surface area contributed by atoms with Gasteiger partial charge in [0.25, 0.3) is 5.91 Å². The zero-order valence-electron chi connectivity index (χ0n) is 20.9. The molecule has 8 heteroatoms. The van der Waals surface area contributed by atoms with E-state index in [2.05, 4.69) is 15.8 Å². The average Bonchev–Trinajstić information content (AvgIpc) is 2.90. The Morgan fingerprint density at radius 3 is 2.32 bits per heavy atom. The third-order valence-electron chi connectivity index (χ3n) is 5.01. The molecule has 190 valence electrons. The van der Waals surface area contributed by atoms with Gasteiger partial charge in [0.15, 0.2) is 11.5 Å². The summed E-state index contributed by atoms with van der Waals surface area (Å²) in [4.78, 5) is 36.4. The standard InChI is InChI=1S/C29H29N3O5/c1-4-36-26-18-22(10-16-25(26)37-27(33)17-11-21-8-6-5-7-9-21)19-30-32-29(35)23-12-14-24(15-13-23)31-28(34)20(2)3/h5-20H,4H2,1-3H3,(H,31,34)(H,32,35)/b17-11+,30-19-. The number of amides is 2. The van der Waals surface area contributed by atoms with Gasteiger partial charge in [-0.1, -0.05) is 44.2 Å². The fourth-order valence-electron chi connectivity index (χ4n) is 3.05. The minimum absolute atomic E-state index is 0.0994. The van der Waals surface area contributed by atoms with E-state index in [4.69, 9.17) is 9.47 Å². The predicted molar refractivity (Wildman–Crippen MR) is 144 cm³/mol. The molecule has 0 unspecified atom stereocenters. The summed E-state index contributed by atoms with van der Waals surface area (Å²) in [5, 5.41) is 6.77. The second kappa shape index (κ2) is 13.4. The molecule has 0 atom stereocenters. The van der Waals surface area contributed by atoms with Crippen molar-refractivity contribution >= 4 is 35.8 Å². The lowest BCUT2D eigenvalue weighted by molar-refractivity contribution is -0.129. The molecule has 0 radical (unpaired) electrons. The molecular formula is C29H29N3O5. The van der Waals surface area contributed by atoms with Crippen molar-refractivity contribution in [3.63, 3.8) is 0 Å². The van der Waals surface area contributed by atoms with Gasteiger partial charge in [-0.15, -0.1) is 0 Å². The Morgan fingerprint density at radius 1 is 0.919 bits per heavy atom. The lowest BCUT2D eigenvalue weighted by Crippen LogP contribution is -2.19. The Hall–Kier alpha value is -4.72. The number of carbonyl (C=O) groups excluding carboxylic acids is 3. The van der Waals surface area contributed by atoms with Crippen LogP contribution in [0.3, 0.4) is 0 Å². The summed E-state index contributed by atoms with van der Waals surface area (Å²) in [5.41, 5.74) is 4.98. The first kappa shape index (κ1) is 26.9. The van der Waals surface area contributed by atoms with Gasteiger partial charge in [0.2, 0.25) is 5.91 Å². The van der Waals surface area contributed by atoms with Gasteiger partial charge in [-0.05, 0) is 66.6 Å². The maximum absolute atomic E-state index is 12.4. The molecule has 0 aliphatic carbocycles. The van der Waals surface area contributed by atoms with Crippen LogP contribution in [0.15, 0.2) is 84.0 Å². The van der Waals surface area contributed by atoms with Crippen molar-refractivity contribution in [2.75, 3.05) is 11.9 Å². The van der Waals surface area contributed by atoms with Crippen LogP contribution in [0.5, 0.6) is 11.5 Å². The van der Waals surface area contributed by atoms with E-state index in [1.54, 1.807) is 62.4 Å². The first-order chi connectivity index (χ1) is 17.9. The number of anilines is 1. The van der Waals surface area contributed by atoms with Gasteiger partial charge in [-0.25, -0.2) is 10.2 Å². The molecule has 0 saturated heterocycles. The molecule has 8 nitrogen and oxygen atoms in total. The molecule has 0 spiro atoms. The van der Waals surface area contributed by atoms with Gasteiger partial charge in [0.05, 0.1) is 12.8 Å². The second-order valence-electron chi connectivity index (χ2n) is 8.22. The highest BCUT2D eigenvalue weighted by molar-refractivity contribution is 5.96. The normalized spacial score (nSPS) is 11.0. The van der Waals surface area contributed by atoms with E-state index in [1.165, 1.54) is 12.3 Å². The van der Waals surface area contributed by atoms with E-state index in [9.17, 15) is 14.4 Å². The molecular weight excluding hydrogens is 470 g/mol. The number of nitrogens with zero attached hydrogens (tertiary/aromatic N) is 1. The molecule has 0 aliphatic rings. The fraction of sp³-hybridized carbons (Fsp3) is 0.172. The minimum Gasteiger partial charge on any atom is -0.490 e. The number of esters is 1. The van der Waals surface area contributed by atoms with Gasteiger partial charge in [0.1, 0.15) is 0 Å². The van der Waals surface area contributed by atoms with Gasteiger partial charge < -0.3 is 14.8 Å². The van der Waals surface area contributed by atoms with E-state index in [0.717, 1.165) is 5.56 Å². The summed E-state index contributed by atoms with van der Waals surface area (Å²) < 4.78 is 11.0. The largest absolute Gasteiger partial charge is 0.490 e. The molecule has 3 aromatic rings. The fourth-order valence-corrected chi connectivity index (χ4v) is 3.05. The Labute approximate surface area is 216 Å². The number of nitrogens with one attached hydrogen (secondary N) is 2. The highest BCUT2D eigenvalue weighted by Gasteiger charge is 2.11. The van der Waals surface area contributed by atoms with Crippen molar-refractivity contribution in [1.29, 1.82) is 0 Å². The molecule has 3 aromatic carbocycles. The molecule has 0 fully saturated rings. The molecule has 0 saturated carbocycles. The molecule has 37 heavy (non-hydrogen) atoms. The van der Waals surface area contributed by atoms with Crippen LogP contribution in [0.2, 0.25) is 0 Å². The van der Waals surface area contributed by atoms with Crippen LogP contribution < -0.4 is 20.2 Å². The van der Waals surface area contributed by atoms with Crippen molar-refractivity contribution in [3.05, 3.63) is 95.6 Å². The highest BCUT2D eigenvalue weighted by Crippen LogP contribution is 2.28. The van der Waals surface area contributed by atoms with Crippen molar-refractivity contribution in [3.8, 4) is 11.5 Å². The summed E-state index contributed by atoms with van der Waals surface area (Å²) in [7, 11) is 0. The van der Waals surface area contributed by atoms with Crippen LogP contribution >= 0.6 is 0 Å². The van der Waals surface area contributed by atoms with Crippen molar-refractivity contribution in [2.45, 2.75) is 20.8 Å². The number of benzene rings is 3. The predicted octanol–water partition coefficient (Wildman–Crippen LogP) is 5.06. The highest BCUT2D eigenvalue weighted by atomic mass is 16.6. The molecule has 3 rings (SSSR count). The Balaban J connectivity index is 1.60. The molecule has 0 heterocycles. The number of hydrogen-bond donors (Lipinski definition) is 2. The summed E-state index contributed by atoms with van der Waals surface area (Å²) >= 11 is 0. The number of hydrogen-bond acceptors (Lipinski definition) is 6. The van der Waals surface area contributed by atoms with Gasteiger partial charge in [0, 0.05) is 23.2 Å². The molecule has 2 N–H and O–H groups in total. The Kier molecular flexibility index (Phi) is 9.73. The van der Waals surface area contributed by atoms with E-state index >= 15 is 0 Å². The SMILES string of the molecule is CCOc1cc(/C=N\NC(=O)c2ccc(NC(=O)C(C)C)cc2)ccc1OC(=O)/C=C/c1ccccc1. The summed E-state index contributed by atoms with van der Waals surface area (Å²) in [6.45, 7) is 5.80. The lowest BCUT2D eigenvalue weighted by atomic mass is 10.1. The van der Waals surface area contributed by atoms with E-state index < -0.39 is 11.9 Å². The molecule has 0 aromatic heterocycles. The number of rotatable bonds is 10. The summed E-state index contributed by atoms with van der Waals surface area (Å²) in [5.74, 6) is -0.531. The van der Waals surface area contributed by atoms with Crippen molar-refractivity contribution < 1.29 is 23.9 Å². The quantitative estimate of drug-likeness (QED) is 0.133. The van der Waals surface area contributed by atoms with Gasteiger partial charge in [-0.2, -0.15) is 5.10 Å². The first-order valence-corrected chi connectivity index (χ1v) is 11.8. The molecule has 0 bridgehead atoms. The van der Waals surface area contributed by atoms with Gasteiger partial charge in [-0.3, -0.25) is 9.59 Å². The Bertz CT molecular complexity index is 1280. The van der Waals surface area contributed by atoms with Gasteiger partial charge >= 0.3 is 5.97 Å². The third-order valence-corrected chi connectivity index (χ3v) is 5.01. The van der Waals surface area contributed by atoms with Crippen LogP contribution in [-0.2, 0) is 9.59 Å². The monoisotopic (exact) mass is 499 g/mol. The van der Waals surface area contributed by atoms with Crippen LogP contribution in [0.4, 0.5) is 5.69 Å². The minimum atomic E-state index is -0.534. The third kappa shape index (κ3) is 8.47. The van der Waals surface area contributed by atoms with Crippen molar-refractivity contribution in [1.82, 2.24) is 5.43 Å². The smallest absolute Gasteiger partial charge is 0.336 e. The average molecular weight is 500 g/mol. The lowest BCUT2D eigenvalue weighted by Gasteiger charge is -2.10. The van der Waals surface area contributed by atoms with Crippen LogP contribution in [0, 0.1) is 5.92 Å². The van der Waals surface area contributed by atoms with Crippen LogP contribution in [0.1, 0.15) is 42.3 Å². The Morgan fingerprint density at radius 2 is 1.65 bits per heavy atom. The van der Waals surface area contributed by atoms with Crippen LogP contribution in [-0.4, -0.2) is 30.6 Å².